The molecule has 4 rings (SSSR count). The highest BCUT2D eigenvalue weighted by Crippen LogP contribution is 2.35. The third kappa shape index (κ3) is 2.37. The number of pyridine rings is 1. The quantitative estimate of drug-likeness (QED) is 0.810. The van der Waals surface area contributed by atoms with Crippen LogP contribution in [0.25, 0.3) is 10.9 Å². The monoisotopic (exact) mass is 304 g/mol. The Balaban J connectivity index is 1.62. The van der Waals surface area contributed by atoms with E-state index in [1.54, 1.807) is 0 Å². The average Bonchev–Trinajstić information content (AvgIpc) is 2.95. The third-order valence-corrected chi connectivity index (χ3v) is 4.60. The van der Waals surface area contributed by atoms with Gasteiger partial charge in [-0.2, -0.15) is 0 Å². The number of benzene rings is 1. The fourth-order valence-electron chi connectivity index (χ4n) is 3.26. The molecule has 2 fully saturated rings. The molecule has 2 aliphatic rings. The van der Waals surface area contributed by atoms with Crippen LogP contribution in [0.15, 0.2) is 30.5 Å². The average molecular weight is 305 g/mol. The van der Waals surface area contributed by atoms with Crippen molar-refractivity contribution in [3.8, 4) is 0 Å². The van der Waals surface area contributed by atoms with Gasteiger partial charge in [-0.1, -0.05) is 11.6 Å². The maximum absolute atomic E-state index is 6.05. The summed E-state index contributed by atoms with van der Waals surface area (Å²) in [6, 6.07) is 7.95. The smallest absolute Gasteiger partial charge is 0.171 e. The first-order chi connectivity index (χ1) is 10.3. The third-order valence-electron chi connectivity index (χ3n) is 4.36. The van der Waals surface area contributed by atoms with E-state index >= 15 is 0 Å². The van der Waals surface area contributed by atoms with Gasteiger partial charge >= 0.3 is 0 Å². The van der Waals surface area contributed by atoms with Gasteiger partial charge in [0, 0.05) is 48.2 Å². The Morgan fingerprint density at radius 2 is 1.86 bits per heavy atom. The van der Waals surface area contributed by atoms with E-state index in [2.05, 4.69) is 16.0 Å². The molecule has 1 aromatic heterocycles. The number of piperidine rings is 1. The summed E-state index contributed by atoms with van der Waals surface area (Å²) >= 11 is 6.05. The number of fused-ring (bicyclic) bond motifs is 1. The van der Waals surface area contributed by atoms with Crippen LogP contribution in [-0.2, 0) is 9.47 Å². The molecule has 1 spiro atoms. The minimum atomic E-state index is -0.331. The molecule has 3 heterocycles. The fourth-order valence-corrected chi connectivity index (χ4v) is 3.42. The van der Waals surface area contributed by atoms with Gasteiger partial charge in [0.1, 0.15) is 0 Å². The zero-order chi connectivity index (χ0) is 14.3. The van der Waals surface area contributed by atoms with Crippen molar-refractivity contribution in [1.29, 1.82) is 0 Å². The van der Waals surface area contributed by atoms with Crippen LogP contribution >= 0.6 is 11.6 Å². The number of rotatable bonds is 1. The maximum Gasteiger partial charge on any atom is 0.171 e. The van der Waals surface area contributed by atoms with Crippen LogP contribution < -0.4 is 4.90 Å². The summed E-state index contributed by atoms with van der Waals surface area (Å²) in [5, 5.41) is 1.86. The second kappa shape index (κ2) is 5.13. The molecular weight excluding hydrogens is 288 g/mol. The first-order valence-corrected chi connectivity index (χ1v) is 7.71. The molecule has 0 amide bonds. The highest BCUT2D eigenvalue weighted by atomic mass is 35.5. The van der Waals surface area contributed by atoms with Crippen molar-refractivity contribution in [2.24, 2.45) is 0 Å². The second-order valence-electron chi connectivity index (χ2n) is 5.59. The molecular formula is C16H17ClN2O2. The van der Waals surface area contributed by atoms with Crippen molar-refractivity contribution >= 4 is 28.2 Å². The van der Waals surface area contributed by atoms with Gasteiger partial charge in [-0.3, -0.25) is 4.98 Å². The van der Waals surface area contributed by atoms with Gasteiger partial charge in [-0.05, 0) is 24.3 Å². The van der Waals surface area contributed by atoms with Gasteiger partial charge in [0.2, 0.25) is 0 Å². The summed E-state index contributed by atoms with van der Waals surface area (Å²) in [5.41, 5.74) is 2.15. The largest absolute Gasteiger partial charge is 0.371 e. The number of nitrogens with zero attached hydrogens (tertiary/aromatic N) is 2. The molecule has 0 unspecified atom stereocenters. The van der Waals surface area contributed by atoms with Crippen molar-refractivity contribution < 1.29 is 9.47 Å². The molecule has 5 heteroatoms. The molecule has 0 aliphatic carbocycles. The molecule has 0 bridgehead atoms. The summed E-state index contributed by atoms with van der Waals surface area (Å²) in [7, 11) is 0. The van der Waals surface area contributed by atoms with Crippen molar-refractivity contribution in [2.45, 2.75) is 18.6 Å². The van der Waals surface area contributed by atoms with Crippen LogP contribution in [-0.4, -0.2) is 37.1 Å². The lowest BCUT2D eigenvalue weighted by atomic mass is 10.0. The van der Waals surface area contributed by atoms with E-state index in [9.17, 15) is 0 Å². The Bertz CT molecular complexity index is 660. The van der Waals surface area contributed by atoms with Crippen LogP contribution in [0.2, 0.25) is 5.02 Å². The van der Waals surface area contributed by atoms with E-state index < -0.39 is 0 Å². The van der Waals surface area contributed by atoms with Crippen LogP contribution in [0.4, 0.5) is 5.69 Å². The van der Waals surface area contributed by atoms with Crippen molar-refractivity contribution in [1.82, 2.24) is 4.98 Å². The highest BCUT2D eigenvalue weighted by Gasteiger charge is 2.39. The molecule has 4 nitrogen and oxygen atoms in total. The fraction of sp³-hybridized carbons (Fsp3) is 0.438. The summed E-state index contributed by atoms with van der Waals surface area (Å²) in [5.74, 6) is -0.331. The SMILES string of the molecule is Clc1ccc2c(N3CCC4(CC3)OCCO4)ccnc2c1. The number of halogens is 1. The molecule has 0 atom stereocenters. The lowest BCUT2D eigenvalue weighted by Crippen LogP contribution is -2.45. The zero-order valence-corrected chi connectivity index (χ0v) is 12.5. The maximum atomic E-state index is 6.05. The predicted molar refractivity (Wildman–Crippen MR) is 82.8 cm³/mol. The minimum Gasteiger partial charge on any atom is -0.371 e. The van der Waals surface area contributed by atoms with Crippen molar-refractivity contribution in [3.63, 3.8) is 0 Å². The van der Waals surface area contributed by atoms with E-state index in [4.69, 9.17) is 21.1 Å². The Hall–Kier alpha value is -1.36. The molecule has 0 N–H and O–H groups in total. The number of anilines is 1. The molecule has 21 heavy (non-hydrogen) atoms. The van der Waals surface area contributed by atoms with Gasteiger partial charge in [0.05, 0.1) is 18.7 Å². The van der Waals surface area contributed by atoms with Gasteiger partial charge in [-0.25, -0.2) is 0 Å². The number of ether oxygens (including phenoxy) is 2. The van der Waals surface area contributed by atoms with Crippen molar-refractivity contribution in [3.05, 3.63) is 35.5 Å². The molecule has 0 radical (unpaired) electrons. The van der Waals surface area contributed by atoms with Crippen LogP contribution in [0.5, 0.6) is 0 Å². The summed E-state index contributed by atoms with van der Waals surface area (Å²) in [4.78, 5) is 6.79. The van der Waals surface area contributed by atoms with Crippen molar-refractivity contribution in [2.75, 3.05) is 31.2 Å². The first-order valence-electron chi connectivity index (χ1n) is 7.33. The van der Waals surface area contributed by atoms with E-state index in [1.807, 2.05) is 24.4 Å². The van der Waals surface area contributed by atoms with Gasteiger partial charge in [0.25, 0.3) is 0 Å². The van der Waals surface area contributed by atoms with E-state index in [0.717, 1.165) is 55.1 Å². The van der Waals surface area contributed by atoms with Gasteiger partial charge in [0.15, 0.2) is 5.79 Å². The highest BCUT2D eigenvalue weighted by molar-refractivity contribution is 6.31. The molecule has 2 saturated heterocycles. The normalized spacial score (nSPS) is 21.3. The summed E-state index contributed by atoms with van der Waals surface area (Å²) < 4.78 is 11.6. The lowest BCUT2D eigenvalue weighted by molar-refractivity contribution is -0.169. The lowest BCUT2D eigenvalue weighted by Gasteiger charge is -2.39. The summed E-state index contributed by atoms with van der Waals surface area (Å²) in [6.07, 6.45) is 3.66. The molecule has 110 valence electrons. The first kappa shape index (κ1) is 13.3. The molecule has 1 aromatic carbocycles. The topological polar surface area (TPSA) is 34.6 Å². The van der Waals surface area contributed by atoms with Gasteiger partial charge < -0.3 is 14.4 Å². The standard InChI is InChI=1S/C16H17ClN2O2/c17-12-1-2-13-14(11-12)18-6-3-15(13)19-7-4-16(5-8-19)20-9-10-21-16/h1-3,6,11H,4-5,7-10H2. The van der Waals surface area contributed by atoms with E-state index in [-0.39, 0.29) is 5.79 Å². The Kier molecular flexibility index (Phi) is 3.25. The Labute approximate surface area is 128 Å². The molecule has 2 aromatic rings. The number of hydrogen-bond donors (Lipinski definition) is 0. The minimum absolute atomic E-state index is 0.331. The number of aromatic nitrogens is 1. The predicted octanol–water partition coefficient (Wildman–Crippen LogP) is 3.23. The second-order valence-corrected chi connectivity index (χ2v) is 6.02. The van der Waals surface area contributed by atoms with E-state index in [1.165, 1.54) is 5.69 Å². The zero-order valence-electron chi connectivity index (χ0n) is 11.7. The summed E-state index contributed by atoms with van der Waals surface area (Å²) in [6.45, 7) is 3.30. The van der Waals surface area contributed by atoms with Crippen LogP contribution in [0, 0.1) is 0 Å². The van der Waals surface area contributed by atoms with Crippen LogP contribution in [0.3, 0.4) is 0 Å². The van der Waals surface area contributed by atoms with Crippen LogP contribution in [0.1, 0.15) is 12.8 Å². The van der Waals surface area contributed by atoms with E-state index in [0.29, 0.717) is 0 Å². The molecule has 2 aliphatic heterocycles. The molecule has 0 saturated carbocycles. The number of hydrogen-bond acceptors (Lipinski definition) is 4. The Morgan fingerprint density at radius 1 is 1.10 bits per heavy atom. The van der Waals surface area contributed by atoms with Gasteiger partial charge in [-0.15, -0.1) is 0 Å². The Morgan fingerprint density at radius 3 is 2.62 bits per heavy atom.